The summed E-state index contributed by atoms with van der Waals surface area (Å²) in [5.74, 6) is -1.01. The summed E-state index contributed by atoms with van der Waals surface area (Å²) in [4.78, 5) is 11.2. The summed E-state index contributed by atoms with van der Waals surface area (Å²) in [6.07, 6.45) is -2.10. The first kappa shape index (κ1) is 20.2. The number of hydrogen-bond donors (Lipinski definition) is 2. The molecule has 0 unspecified atom stereocenters. The molecule has 1 aromatic rings. The number of amides is 1. The molecule has 10 heteroatoms. The molecule has 1 rings (SSSR count). The van der Waals surface area contributed by atoms with E-state index in [1.54, 1.807) is 0 Å². The molecule has 0 aliphatic heterocycles. The third-order valence-electron chi connectivity index (χ3n) is 2.89. The monoisotopic (exact) mass is 368 g/mol. The van der Waals surface area contributed by atoms with Gasteiger partial charge in [0.1, 0.15) is 5.75 Å². The zero-order valence-corrected chi connectivity index (χ0v) is 13.8. The molecule has 0 spiro atoms. The second-order valence-corrected chi connectivity index (χ2v) is 6.67. The zero-order chi connectivity index (χ0) is 18.2. The van der Waals surface area contributed by atoms with E-state index in [0.717, 1.165) is 43.5 Å². The maximum atomic E-state index is 12.0. The Hall–Kier alpha value is -1.81. The van der Waals surface area contributed by atoms with Crippen molar-refractivity contribution in [3.63, 3.8) is 0 Å². The Morgan fingerprint density at radius 1 is 1.17 bits per heavy atom. The van der Waals surface area contributed by atoms with Crippen LogP contribution < -0.4 is 14.8 Å². The number of benzene rings is 1. The minimum atomic E-state index is -4.85. The summed E-state index contributed by atoms with van der Waals surface area (Å²) < 4.78 is 65.8. The first-order chi connectivity index (χ1) is 11.1. The number of ether oxygens (including phenoxy) is 1. The Bertz CT molecular complexity index is 630. The molecule has 0 aliphatic rings. The molecule has 6 nitrogen and oxygen atoms in total. The summed E-state index contributed by atoms with van der Waals surface area (Å²) in [5.41, 5.74) is 0. The van der Waals surface area contributed by atoms with Gasteiger partial charge < -0.3 is 10.1 Å². The van der Waals surface area contributed by atoms with Crippen molar-refractivity contribution in [3.05, 3.63) is 24.3 Å². The van der Waals surface area contributed by atoms with Gasteiger partial charge in [0, 0.05) is 6.54 Å². The van der Waals surface area contributed by atoms with E-state index in [2.05, 4.69) is 14.8 Å². The average molecular weight is 368 g/mol. The van der Waals surface area contributed by atoms with Gasteiger partial charge in [-0.15, -0.1) is 13.2 Å². The fraction of sp³-hybridized carbons (Fsp3) is 0.500. The van der Waals surface area contributed by atoms with E-state index in [4.69, 9.17) is 0 Å². The SMILES string of the molecule is CCCCCNC(=O)CNS(=O)(=O)c1ccc(OC(F)(F)F)cc1. The van der Waals surface area contributed by atoms with Crippen molar-refractivity contribution in [2.75, 3.05) is 13.1 Å². The van der Waals surface area contributed by atoms with E-state index in [1.807, 2.05) is 6.92 Å². The highest BCUT2D eigenvalue weighted by atomic mass is 32.2. The maximum absolute atomic E-state index is 12.0. The molecule has 0 radical (unpaired) electrons. The number of unbranched alkanes of at least 4 members (excludes halogenated alkanes) is 2. The maximum Gasteiger partial charge on any atom is 0.573 e. The van der Waals surface area contributed by atoms with E-state index in [0.29, 0.717) is 6.54 Å². The van der Waals surface area contributed by atoms with Crippen LogP contribution in [-0.4, -0.2) is 33.8 Å². The Balaban J connectivity index is 2.54. The van der Waals surface area contributed by atoms with E-state index in [9.17, 15) is 26.4 Å². The number of carbonyl (C=O) groups excluding carboxylic acids is 1. The second-order valence-electron chi connectivity index (χ2n) is 4.90. The van der Waals surface area contributed by atoms with Crippen LogP contribution in [0.25, 0.3) is 0 Å². The van der Waals surface area contributed by atoms with Crippen LogP contribution in [0.2, 0.25) is 0 Å². The minimum absolute atomic E-state index is 0.268. The Labute approximate surface area is 138 Å². The predicted octanol–water partition coefficient (Wildman–Crippen LogP) is 2.17. The number of sulfonamides is 1. The second kappa shape index (κ2) is 8.88. The van der Waals surface area contributed by atoms with Crippen molar-refractivity contribution < 1.29 is 31.1 Å². The predicted molar refractivity (Wildman–Crippen MR) is 80.8 cm³/mol. The van der Waals surface area contributed by atoms with Gasteiger partial charge in [-0.3, -0.25) is 4.79 Å². The molecule has 1 amide bonds. The van der Waals surface area contributed by atoms with Crippen molar-refractivity contribution >= 4 is 15.9 Å². The molecule has 0 heterocycles. The van der Waals surface area contributed by atoms with Gasteiger partial charge in [0.15, 0.2) is 0 Å². The van der Waals surface area contributed by atoms with Gasteiger partial charge in [0.05, 0.1) is 11.4 Å². The van der Waals surface area contributed by atoms with Gasteiger partial charge in [-0.1, -0.05) is 19.8 Å². The van der Waals surface area contributed by atoms with Crippen molar-refractivity contribution in [1.82, 2.24) is 10.0 Å². The van der Waals surface area contributed by atoms with Crippen LogP contribution in [0, 0.1) is 0 Å². The summed E-state index contributed by atoms with van der Waals surface area (Å²) in [6.45, 7) is 2.02. The van der Waals surface area contributed by atoms with Gasteiger partial charge >= 0.3 is 6.36 Å². The number of nitrogens with one attached hydrogen (secondary N) is 2. The van der Waals surface area contributed by atoms with Gasteiger partial charge in [-0.2, -0.15) is 0 Å². The standard InChI is InChI=1S/C14H19F3N2O4S/c1-2-3-4-9-18-13(20)10-19-24(21,22)12-7-5-11(6-8-12)23-14(15,16)17/h5-8,19H,2-4,9-10H2,1H3,(H,18,20). The molecule has 0 fully saturated rings. The Kier molecular flexibility index (Phi) is 7.49. The first-order valence-corrected chi connectivity index (χ1v) is 8.74. The largest absolute Gasteiger partial charge is 0.573 e. The molecule has 0 aromatic heterocycles. The summed E-state index contributed by atoms with van der Waals surface area (Å²) in [5, 5.41) is 2.57. The number of carbonyl (C=O) groups is 1. The van der Waals surface area contributed by atoms with Crippen LogP contribution in [0.5, 0.6) is 5.75 Å². The minimum Gasteiger partial charge on any atom is -0.406 e. The summed E-state index contributed by atoms with van der Waals surface area (Å²) in [6, 6.07) is 3.69. The average Bonchev–Trinajstić information content (AvgIpc) is 2.49. The zero-order valence-electron chi connectivity index (χ0n) is 13.0. The number of hydrogen-bond acceptors (Lipinski definition) is 4. The van der Waals surface area contributed by atoms with Crippen molar-refractivity contribution in [2.24, 2.45) is 0 Å². The van der Waals surface area contributed by atoms with Gasteiger partial charge in [0.2, 0.25) is 15.9 Å². The number of halogens is 3. The fourth-order valence-electron chi connectivity index (χ4n) is 1.73. The number of rotatable bonds is 9. The quantitative estimate of drug-likeness (QED) is 0.655. The topological polar surface area (TPSA) is 84.5 Å². The van der Waals surface area contributed by atoms with Crippen LogP contribution in [0.1, 0.15) is 26.2 Å². The van der Waals surface area contributed by atoms with Crippen LogP contribution >= 0.6 is 0 Å². The van der Waals surface area contributed by atoms with E-state index >= 15 is 0 Å². The van der Waals surface area contributed by atoms with E-state index in [-0.39, 0.29) is 4.90 Å². The van der Waals surface area contributed by atoms with Crippen molar-refractivity contribution in [3.8, 4) is 5.75 Å². The molecule has 24 heavy (non-hydrogen) atoms. The molecule has 2 N–H and O–H groups in total. The third kappa shape index (κ3) is 7.64. The van der Waals surface area contributed by atoms with Crippen LogP contribution in [0.4, 0.5) is 13.2 Å². The van der Waals surface area contributed by atoms with Crippen LogP contribution in [-0.2, 0) is 14.8 Å². The van der Waals surface area contributed by atoms with E-state index in [1.165, 1.54) is 0 Å². The van der Waals surface area contributed by atoms with Crippen molar-refractivity contribution in [2.45, 2.75) is 37.4 Å². The molecule has 1 aromatic carbocycles. The van der Waals surface area contributed by atoms with Crippen LogP contribution in [0.15, 0.2) is 29.2 Å². The van der Waals surface area contributed by atoms with Crippen LogP contribution in [0.3, 0.4) is 0 Å². The van der Waals surface area contributed by atoms with Gasteiger partial charge in [-0.25, -0.2) is 13.1 Å². The Morgan fingerprint density at radius 3 is 2.33 bits per heavy atom. The molecule has 136 valence electrons. The highest BCUT2D eigenvalue weighted by Gasteiger charge is 2.31. The van der Waals surface area contributed by atoms with Crippen molar-refractivity contribution in [1.29, 1.82) is 0 Å². The molecule has 0 aliphatic carbocycles. The molecule has 0 bridgehead atoms. The first-order valence-electron chi connectivity index (χ1n) is 7.26. The number of alkyl halides is 3. The van der Waals surface area contributed by atoms with Gasteiger partial charge in [-0.05, 0) is 30.7 Å². The summed E-state index contributed by atoms with van der Waals surface area (Å²) in [7, 11) is -4.00. The fourth-order valence-corrected chi connectivity index (χ4v) is 2.71. The summed E-state index contributed by atoms with van der Waals surface area (Å²) >= 11 is 0. The lowest BCUT2D eigenvalue weighted by molar-refractivity contribution is -0.274. The molecule has 0 saturated heterocycles. The molecule has 0 atom stereocenters. The van der Waals surface area contributed by atoms with E-state index < -0.39 is 34.6 Å². The molecular formula is C14H19F3N2O4S. The lowest BCUT2D eigenvalue weighted by Gasteiger charge is -2.10. The lowest BCUT2D eigenvalue weighted by atomic mass is 10.2. The highest BCUT2D eigenvalue weighted by Crippen LogP contribution is 2.23. The highest BCUT2D eigenvalue weighted by molar-refractivity contribution is 7.89. The molecular weight excluding hydrogens is 349 g/mol. The van der Waals surface area contributed by atoms with Gasteiger partial charge in [0.25, 0.3) is 0 Å². The Morgan fingerprint density at radius 2 is 1.79 bits per heavy atom. The molecule has 0 saturated carbocycles. The normalized spacial score (nSPS) is 12.0. The third-order valence-corrected chi connectivity index (χ3v) is 4.31. The smallest absolute Gasteiger partial charge is 0.406 e. The lowest BCUT2D eigenvalue weighted by Crippen LogP contribution is -2.37.